The Morgan fingerprint density at radius 2 is 1.95 bits per heavy atom. The van der Waals surface area contributed by atoms with E-state index in [0.717, 1.165) is 3.57 Å². The van der Waals surface area contributed by atoms with E-state index in [1.54, 1.807) is 24.3 Å². The molecular formula is C15H11ClINO3. The Morgan fingerprint density at radius 3 is 2.62 bits per heavy atom. The topological polar surface area (TPSA) is 55.4 Å². The number of methoxy groups -OCH3 is 1. The molecule has 0 spiro atoms. The predicted molar refractivity (Wildman–Crippen MR) is 89.9 cm³/mol. The van der Waals surface area contributed by atoms with Crippen LogP contribution in [0.3, 0.4) is 0 Å². The lowest BCUT2D eigenvalue weighted by Crippen LogP contribution is -2.15. The van der Waals surface area contributed by atoms with Gasteiger partial charge in [0.25, 0.3) is 5.91 Å². The van der Waals surface area contributed by atoms with Crippen molar-refractivity contribution in [2.75, 3.05) is 12.4 Å². The third-order valence-electron chi connectivity index (χ3n) is 2.72. The van der Waals surface area contributed by atoms with Gasteiger partial charge in [0.2, 0.25) is 0 Å². The van der Waals surface area contributed by atoms with E-state index in [0.29, 0.717) is 16.3 Å². The van der Waals surface area contributed by atoms with Gasteiger partial charge in [-0.3, -0.25) is 4.79 Å². The SMILES string of the molecule is COC(=O)c1ccc(Cl)cc1NC(=O)c1cccc(I)c1. The Morgan fingerprint density at radius 1 is 1.19 bits per heavy atom. The number of benzene rings is 2. The van der Waals surface area contributed by atoms with Gasteiger partial charge in [-0.05, 0) is 59.0 Å². The first-order valence-electron chi connectivity index (χ1n) is 5.96. The zero-order valence-corrected chi connectivity index (χ0v) is 13.9. The number of carbonyl (C=O) groups excluding carboxylic acids is 2. The lowest BCUT2D eigenvalue weighted by molar-refractivity contribution is 0.0602. The van der Waals surface area contributed by atoms with Crippen molar-refractivity contribution < 1.29 is 14.3 Å². The Labute approximate surface area is 140 Å². The molecule has 2 rings (SSSR count). The number of amides is 1. The summed E-state index contributed by atoms with van der Waals surface area (Å²) in [7, 11) is 1.28. The fraction of sp³-hybridized carbons (Fsp3) is 0.0667. The van der Waals surface area contributed by atoms with Crippen molar-refractivity contribution >= 4 is 51.8 Å². The molecule has 0 saturated carbocycles. The number of rotatable bonds is 3. The molecule has 0 aliphatic heterocycles. The van der Waals surface area contributed by atoms with Crippen LogP contribution < -0.4 is 5.32 Å². The fourth-order valence-corrected chi connectivity index (χ4v) is 2.45. The first-order valence-corrected chi connectivity index (χ1v) is 7.41. The molecule has 1 N–H and O–H groups in total. The number of carbonyl (C=O) groups is 2. The van der Waals surface area contributed by atoms with Crippen molar-refractivity contribution in [3.8, 4) is 0 Å². The number of esters is 1. The highest BCUT2D eigenvalue weighted by Crippen LogP contribution is 2.22. The lowest BCUT2D eigenvalue weighted by Gasteiger charge is -2.10. The number of hydrogen-bond donors (Lipinski definition) is 1. The smallest absolute Gasteiger partial charge is 0.339 e. The number of nitrogens with one attached hydrogen (secondary N) is 1. The second-order valence-corrected chi connectivity index (χ2v) is 5.83. The van der Waals surface area contributed by atoms with Crippen molar-refractivity contribution in [1.29, 1.82) is 0 Å². The summed E-state index contributed by atoms with van der Waals surface area (Å²) in [6, 6.07) is 11.7. The summed E-state index contributed by atoms with van der Waals surface area (Å²) >= 11 is 8.04. The predicted octanol–water partition coefficient (Wildman–Crippen LogP) is 3.98. The van der Waals surface area contributed by atoms with Crippen LogP contribution in [-0.2, 0) is 4.74 Å². The molecule has 2 aromatic carbocycles. The third kappa shape index (κ3) is 3.95. The van der Waals surface area contributed by atoms with E-state index >= 15 is 0 Å². The highest BCUT2D eigenvalue weighted by atomic mass is 127. The molecule has 0 heterocycles. The van der Waals surface area contributed by atoms with E-state index < -0.39 is 5.97 Å². The molecule has 0 atom stereocenters. The van der Waals surface area contributed by atoms with Crippen molar-refractivity contribution in [2.24, 2.45) is 0 Å². The van der Waals surface area contributed by atoms with Crippen LogP contribution in [0.15, 0.2) is 42.5 Å². The van der Waals surface area contributed by atoms with Gasteiger partial charge in [0.1, 0.15) is 0 Å². The molecule has 0 radical (unpaired) electrons. The Hall–Kier alpha value is -1.60. The molecule has 2 aromatic rings. The maximum atomic E-state index is 12.2. The zero-order chi connectivity index (χ0) is 15.4. The van der Waals surface area contributed by atoms with Crippen molar-refractivity contribution in [3.63, 3.8) is 0 Å². The highest BCUT2D eigenvalue weighted by Gasteiger charge is 2.15. The first-order chi connectivity index (χ1) is 10.0. The molecule has 0 aromatic heterocycles. The van der Waals surface area contributed by atoms with Gasteiger partial charge in [-0.15, -0.1) is 0 Å². The van der Waals surface area contributed by atoms with Crippen LogP contribution in [-0.4, -0.2) is 19.0 Å². The van der Waals surface area contributed by atoms with Crippen LogP contribution in [0.4, 0.5) is 5.69 Å². The Kier molecular flexibility index (Phi) is 5.19. The van der Waals surface area contributed by atoms with Crippen molar-refractivity contribution in [1.82, 2.24) is 0 Å². The average Bonchev–Trinajstić information content (AvgIpc) is 2.46. The molecule has 0 saturated heterocycles. The van der Waals surface area contributed by atoms with Gasteiger partial charge in [0.05, 0.1) is 18.4 Å². The highest BCUT2D eigenvalue weighted by molar-refractivity contribution is 14.1. The van der Waals surface area contributed by atoms with E-state index in [9.17, 15) is 9.59 Å². The average molecular weight is 416 g/mol. The number of halogens is 2. The van der Waals surface area contributed by atoms with Gasteiger partial charge in [0.15, 0.2) is 0 Å². The van der Waals surface area contributed by atoms with Gasteiger partial charge in [-0.25, -0.2) is 4.79 Å². The van der Waals surface area contributed by atoms with E-state index in [1.165, 1.54) is 19.2 Å². The molecule has 0 unspecified atom stereocenters. The molecule has 0 fully saturated rings. The van der Waals surface area contributed by atoms with Crippen LogP contribution in [0.2, 0.25) is 5.02 Å². The fourth-order valence-electron chi connectivity index (χ4n) is 1.73. The first kappa shape index (κ1) is 15.8. The zero-order valence-electron chi connectivity index (χ0n) is 11.0. The minimum absolute atomic E-state index is 0.251. The minimum atomic E-state index is -0.537. The van der Waals surface area contributed by atoms with Crippen LogP contribution in [0.1, 0.15) is 20.7 Å². The number of anilines is 1. The summed E-state index contributed by atoms with van der Waals surface area (Å²) in [4.78, 5) is 23.9. The molecule has 4 nitrogen and oxygen atoms in total. The molecule has 21 heavy (non-hydrogen) atoms. The molecule has 6 heteroatoms. The molecule has 0 aliphatic carbocycles. The third-order valence-corrected chi connectivity index (χ3v) is 3.63. The summed E-state index contributed by atoms with van der Waals surface area (Å²) < 4.78 is 5.63. The van der Waals surface area contributed by atoms with Crippen LogP contribution in [0.25, 0.3) is 0 Å². The normalized spacial score (nSPS) is 10.0. The van der Waals surface area contributed by atoms with Gasteiger partial charge >= 0.3 is 5.97 Å². The lowest BCUT2D eigenvalue weighted by atomic mass is 10.1. The Balaban J connectivity index is 2.32. The van der Waals surface area contributed by atoms with Crippen molar-refractivity contribution in [3.05, 3.63) is 62.2 Å². The van der Waals surface area contributed by atoms with Gasteiger partial charge in [-0.2, -0.15) is 0 Å². The maximum Gasteiger partial charge on any atom is 0.339 e. The summed E-state index contributed by atoms with van der Waals surface area (Å²) in [5.74, 6) is -0.856. The quantitative estimate of drug-likeness (QED) is 0.609. The van der Waals surface area contributed by atoms with E-state index in [1.807, 2.05) is 6.07 Å². The van der Waals surface area contributed by atoms with Crippen LogP contribution >= 0.6 is 34.2 Å². The standard InChI is InChI=1S/C15H11ClINO3/c1-21-15(20)12-6-5-10(16)8-13(12)18-14(19)9-3-2-4-11(17)7-9/h2-8H,1H3,(H,18,19). The van der Waals surface area contributed by atoms with E-state index in [2.05, 4.69) is 32.6 Å². The Bertz CT molecular complexity index is 703. The molecule has 1 amide bonds. The van der Waals surface area contributed by atoms with Crippen LogP contribution in [0.5, 0.6) is 0 Å². The molecule has 0 bridgehead atoms. The second-order valence-electron chi connectivity index (χ2n) is 4.15. The largest absolute Gasteiger partial charge is 0.465 e. The number of hydrogen-bond acceptors (Lipinski definition) is 3. The second kappa shape index (κ2) is 6.91. The van der Waals surface area contributed by atoms with Crippen molar-refractivity contribution in [2.45, 2.75) is 0 Å². The minimum Gasteiger partial charge on any atom is -0.465 e. The summed E-state index contributed by atoms with van der Waals surface area (Å²) in [6.45, 7) is 0. The van der Waals surface area contributed by atoms with Gasteiger partial charge < -0.3 is 10.1 Å². The molecular weight excluding hydrogens is 405 g/mol. The molecule has 0 aliphatic rings. The molecule has 108 valence electrons. The van der Waals surface area contributed by atoms with Gasteiger partial charge in [0, 0.05) is 14.2 Å². The summed E-state index contributed by atoms with van der Waals surface area (Å²) in [5.41, 5.74) is 1.07. The van der Waals surface area contributed by atoms with Crippen LogP contribution in [0, 0.1) is 3.57 Å². The maximum absolute atomic E-state index is 12.2. The summed E-state index contributed by atoms with van der Waals surface area (Å²) in [5, 5.41) is 3.10. The van der Waals surface area contributed by atoms with E-state index in [-0.39, 0.29) is 11.5 Å². The monoisotopic (exact) mass is 415 g/mol. The van der Waals surface area contributed by atoms with E-state index in [4.69, 9.17) is 11.6 Å². The summed E-state index contributed by atoms with van der Waals surface area (Å²) in [6.07, 6.45) is 0. The van der Waals surface area contributed by atoms with Gasteiger partial charge in [-0.1, -0.05) is 17.7 Å². The number of ether oxygens (including phenoxy) is 1.